The number of alkyl halides is 2. The summed E-state index contributed by atoms with van der Waals surface area (Å²) in [5.74, 6) is 0.145. The Morgan fingerprint density at radius 2 is 2.06 bits per heavy atom. The molecule has 6 heteroatoms. The van der Waals surface area contributed by atoms with E-state index in [0.717, 1.165) is 0 Å². The molecule has 3 nitrogen and oxygen atoms in total. The Hall–Kier alpha value is -0.510. The molecule has 88 valence electrons. The number of rotatable bonds is 4. The molecular formula is C10H11Cl3N2O. The van der Waals surface area contributed by atoms with Crippen LogP contribution in [0.2, 0.25) is 5.02 Å². The van der Waals surface area contributed by atoms with Gasteiger partial charge in [0.15, 0.2) is 0 Å². The van der Waals surface area contributed by atoms with Gasteiger partial charge in [-0.15, -0.1) is 23.2 Å². The molecule has 0 atom stereocenters. The van der Waals surface area contributed by atoms with Crippen LogP contribution in [0.4, 0.5) is 0 Å². The summed E-state index contributed by atoms with van der Waals surface area (Å²) in [5.41, 5.74) is -0.354. The van der Waals surface area contributed by atoms with Crippen LogP contribution < -0.4 is 5.32 Å². The molecule has 0 spiro atoms. The standard InChI is InChI=1S/C10H11Cl3N2O/c1-10(5-11,6-12)15-9(16)8-3-2-7(13)4-14-8/h2-4H,5-6H2,1H3,(H,15,16). The van der Waals surface area contributed by atoms with Gasteiger partial charge in [0.25, 0.3) is 5.91 Å². The molecule has 0 bridgehead atoms. The molecule has 1 amide bonds. The molecule has 0 unspecified atom stereocenters. The number of hydrogen-bond acceptors (Lipinski definition) is 2. The number of pyridine rings is 1. The van der Waals surface area contributed by atoms with E-state index in [9.17, 15) is 4.79 Å². The molecule has 0 aliphatic heterocycles. The summed E-state index contributed by atoms with van der Waals surface area (Å²) in [4.78, 5) is 15.7. The zero-order valence-corrected chi connectivity index (χ0v) is 10.9. The lowest BCUT2D eigenvalue weighted by Crippen LogP contribution is -2.49. The van der Waals surface area contributed by atoms with Gasteiger partial charge in [0.1, 0.15) is 5.69 Å². The lowest BCUT2D eigenvalue weighted by molar-refractivity contribution is 0.0916. The Morgan fingerprint density at radius 1 is 1.44 bits per heavy atom. The number of amides is 1. The minimum atomic E-state index is -0.637. The van der Waals surface area contributed by atoms with E-state index in [1.54, 1.807) is 19.1 Å². The van der Waals surface area contributed by atoms with E-state index in [1.165, 1.54) is 6.20 Å². The van der Waals surface area contributed by atoms with Gasteiger partial charge in [0, 0.05) is 18.0 Å². The van der Waals surface area contributed by atoms with E-state index in [1.807, 2.05) is 0 Å². The Balaban J connectivity index is 2.76. The summed E-state index contributed by atoms with van der Waals surface area (Å²) < 4.78 is 0. The van der Waals surface area contributed by atoms with Gasteiger partial charge in [-0.3, -0.25) is 4.79 Å². The summed E-state index contributed by atoms with van der Waals surface area (Å²) in [5, 5.41) is 3.20. The molecule has 0 aliphatic rings. The number of nitrogens with zero attached hydrogens (tertiary/aromatic N) is 1. The summed E-state index contributed by atoms with van der Waals surface area (Å²) in [7, 11) is 0. The third-order valence-corrected chi connectivity index (χ3v) is 3.37. The monoisotopic (exact) mass is 280 g/mol. The van der Waals surface area contributed by atoms with Crippen LogP contribution in [-0.2, 0) is 0 Å². The average molecular weight is 282 g/mol. The van der Waals surface area contributed by atoms with Crippen LogP contribution in [-0.4, -0.2) is 28.2 Å². The van der Waals surface area contributed by atoms with E-state index in [4.69, 9.17) is 34.8 Å². The van der Waals surface area contributed by atoms with Crippen molar-refractivity contribution >= 4 is 40.7 Å². The maximum Gasteiger partial charge on any atom is 0.270 e. The van der Waals surface area contributed by atoms with Crippen molar-refractivity contribution < 1.29 is 4.79 Å². The van der Waals surface area contributed by atoms with E-state index < -0.39 is 5.54 Å². The van der Waals surface area contributed by atoms with E-state index in [0.29, 0.717) is 5.02 Å². The van der Waals surface area contributed by atoms with Crippen molar-refractivity contribution in [3.8, 4) is 0 Å². The molecule has 0 aliphatic carbocycles. The summed E-state index contributed by atoms with van der Waals surface area (Å²) in [6, 6.07) is 3.14. The molecule has 1 heterocycles. The van der Waals surface area contributed by atoms with E-state index in [2.05, 4.69) is 10.3 Å². The normalized spacial score (nSPS) is 11.2. The second kappa shape index (κ2) is 5.71. The van der Waals surface area contributed by atoms with E-state index >= 15 is 0 Å². The topological polar surface area (TPSA) is 42.0 Å². The second-order valence-corrected chi connectivity index (χ2v) is 4.61. The van der Waals surface area contributed by atoms with Crippen LogP contribution in [0.25, 0.3) is 0 Å². The van der Waals surface area contributed by atoms with Gasteiger partial charge in [0.05, 0.1) is 10.6 Å². The highest BCUT2D eigenvalue weighted by atomic mass is 35.5. The van der Waals surface area contributed by atoms with Crippen molar-refractivity contribution in [2.24, 2.45) is 0 Å². The first-order chi connectivity index (χ1) is 7.50. The molecule has 1 rings (SSSR count). The first kappa shape index (κ1) is 13.6. The van der Waals surface area contributed by atoms with Crippen molar-refractivity contribution in [1.82, 2.24) is 10.3 Å². The molecule has 0 aromatic carbocycles. The fourth-order valence-corrected chi connectivity index (χ4v) is 1.48. The van der Waals surface area contributed by atoms with Crippen LogP contribution in [0.1, 0.15) is 17.4 Å². The molecule has 16 heavy (non-hydrogen) atoms. The Bertz CT molecular complexity index is 363. The number of carbonyl (C=O) groups excluding carboxylic acids is 1. The minimum Gasteiger partial charge on any atom is -0.343 e. The zero-order valence-electron chi connectivity index (χ0n) is 8.64. The van der Waals surface area contributed by atoms with Gasteiger partial charge in [0.2, 0.25) is 0 Å². The minimum absolute atomic E-state index is 0.232. The van der Waals surface area contributed by atoms with Crippen molar-refractivity contribution in [3.05, 3.63) is 29.0 Å². The van der Waals surface area contributed by atoms with Crippen LogP contribution in [0.3, 0.4) is 0 Å². The maximum atomic E-state index is 11.8. The van der Waals surface area contributed by atoms with Crippen LogP contribution >= 0.6 is 34.8 Å². The van der Waals surface area contributed by atoms with Gasteiger partial charge in [-0.25, -0.2) is 4.98 Å². The molecule has 1 N–H and O–H groups in total. The number of nitrogens with one attached hydrogen (secondary N) is 1. The average Bonchev–Trinajstić information content (AvgIpc) is 2.29. The Morgan fingerprint density at radius 3 is 2.50 bits per heavy atom. The molecule has 1 aromatic heterocycles. The highest BCUT2D eigenvalue weighted by molar-refractivity contribution is 6.30. The summed E-state index contributed by atoms with van der Waals surface area (Å²) >= 11 is 17.1. The third kappa shape index (κ3) is 3.51. The predicted octanol–water partition coefficient (Wildman–Crippen LogP) is 2.70. The van der Waals surface area contributed by atoms with Crippen molar-refractivity contribution in [2.45, 2.75) is 12.5 Å². The fraction of sp³-hybridized carbons (Fsp3) is 0.400. The van der Waals surface area contributed by atoms with Gasteiger partial charge >= 0.3 is 0 Å². The Labute approximate surface area is 109 Å². The Kier molecular flexibility index (Phi) is 4.84. The van der Waals surface area contributed by atoms with Gasteiger partial charge < -0.3 is 5.32 Å². The second-order valence-electron chi connectivity index (χ2n) is 3.64. The quantitative estimate of drug-likeness (QED) is 0.862. The van der Waals surface area contributed by atoms with Crippen LogP contribution in [0.15, 0.2) is 18.3 Å². The summed E-state index contributed by atoms with van der Waals surface area (Å²) in [6.07, 6.45) is 1.41. The fourth-order valence-electron chi connectivity index (χ4n) is 0.951. The molecule has 0 fully saturated rings. The van der Waals surface area contributed by atoms with Crippen LogP contribution in [0, 0.1) is 0 Å². The predicted molar refractivity (Wildman–Crippen MR) is 66.6 cm³/mol. The SMILES string of the molecule is CC(CCl)(CCl)NC(=O)c1ccc(Cl)cn1. The molecule has 1 aromatic rings. The molecular weight excluding hydrogens is 270 g/mol. The number of hydrogen-bond donors (Lipinski definition) is 1. The molecule has 0 radical (unpaired) electrons. The third-order valence-electron chi connectivity index (χ3n) is 1.97. The van der Waals surface area contributed by atoms with Gasteiger partial charge in [-0.2, -0.15) is 0 Å². The largest absolute Gasteiger partial charge is 0.343 e. The first-order valence-corrected chi connectivity index (χ1v) is 6.01. The van der Waals surface area contributed by atoms with E-state index in [-0.39, 0.29) is 23.4 Å². The van der Waals surface area contributed by atoms with Gasteiger partial charge in [-0.05, 0) is 19.1 Å². The number of aromatic nitrogens is 1. The highest BCUT2D eigenvalue weighted by Crippen LogP contribution is 2.11. The lowest BCUT2D eigenvalue weighted by Gasteiger charge is -2.25. The number of halogens is 3. The zero-order chi connectivity index (χ0) is 12.2. The summed E-state index contributed by atoms with van der Waals surface area (Å²) in [6.45, 7) is 1.76. The first-order valence-electron chi connectivity index (χ1n) is 4.57. The molecule has 0 saturated carbocycles. The number of carbonyl (C=O) groups is 1. The van der Waals surface area contributed by atoms with Crippen molar-refractivity contribution in [3.63, 3.8) is 0 Å². The van der Waals surface area contributed by atoms with Crippen molar-refractivity contribution in [1.29, 1.82) is 0 Å². The molecule has 0 saturated heterocycles. The lowest BCUT2D eigenvalue weighted by atomic mass is 10.1. The van der Waals surface area contributed by atoms with Crippen LogP contribution in [0.5, 0.6) is 0 Å². The highest BCUT2D eigenvalue weighted by Gasteiger charge is 2.25. The maximum absolute atomic E-state index is 11.8. The van der Waals surface area contributed by atoms with Gasteiger partial charge in [-0.1, -0.05) is 11.6 Å². The smallest absolute Gasteiger partial charge is 0.270 e. The van der Waals surface area contributed by atoms with Crippen molar-refractivity contribution in [2.75, 3.05) is 11.8 Å².